The molecule has 234 valence electrons. The number of amides is 2. The summed E-state index contributed by atoms with van der Waals surface area (Å²) >= 11 is 0. The van der Waals surface area contributed by atoms with Gasteiger partial charge in [-0.05, 0) is 80.3 Å². The molecule has 12 nitrogen and oxygen atoms in total. The van der Waals surface area contributed by atoms with Crippen LogP contribution in [0.1, 0.15) is 60.3 Å². The Morgan fingerprint density at radius 2 is 1.78 bits per heavy atom. The van der Waals surface area contributed by atoms with E-state index in [1.165, 1.54) is 18.4 Å². The van der Waals surface area contributed by atoms with Crippen LogP contribution < -0.4 is 15.5 Å². The van der Waals surface area contributed by atoms with E-state index in [0.29, 0.717) is 29.0 Å². The Morgan fingerprint density at radius 1 is 1.02 bits per heavy atom. The highest BCUT2D eigenvalue weighted by molar-refractivity contribution is 6.07. The summed E-state index contributed by atoms with van der Waals surface area (Å²) in [5, 5.41) is 14.1. The third kappa shape index (κ3) is 7.83. The Morgan fingerprint density at radius 3 is 2.49 bits per heavy atom. The van der Waals surface area contributed by atoms with Gasteiger partial charge in [-0.25, -0.2) is 14.8 Å². The zero-order valence-electron chi connectivity index (χ0n) is 25.4. The standard InChI is InChI=1S/C33H37N7O5/c1-39-27-16-13-23(32(42)40(19-17-30(41)44-2)28-10-6-7-18-35-28)20-26(27)37-29(39)21-36-24-14-11-22(12-15-24)31(34)38-33(43)45-25-8-4-3-5-9-25/h6-7,10-16,18,20,25,36H,3-5,8-9,17,19,21H2,1-2H3,(H2,34,38,43). The van der Waals surface area contributed by atoms with E-state index in [1.54, 1.807) is 48.7 Å². The van der Waals surface area contributed by atoms with Gasteiger partial charge in [0.1, 0.15) is 23.6 Å². The highest BCUT2D eigenvalue weighted by atomic mass is 16.6. The molecule has 1 aliphatic carbocycles. The number of pyridine rings is 1. The Bertz CT molecular complexity index is 1660. The molecule has 2 amide bonds. The van der Waals surface area contributed by atoms with Crippen molar-refractivity contribution in [2.45, 2.75) is 51.2 Å². The first-order valence-corrected chi connectivity index (χ1v) is 15.0. The first kappa shape index (κ1) is 31.2. The number of benzene rings is 2. The number of nitrogens with zero attached hydrogens (tertiary/aromatic N) is 4. The second-order valence-corrected chi connectivity index (χ2v) is 10.9. The van der Waals surface area contributed by atoms with E-state index in [0.717, 1.165) is 42.7 Å². The number of amidine groups is 1. The number of imidazole rings is 1. The molecular formula is C33H37N7O5. The molecule has 0 saturated heterocycles. The number of anilines is 2. The van der Waals surface area contributed by atoms with Crippen molar-refractivity contribution >= 4 is 46.3 Å². The van der Waals surface area contributed by atoms with E-state index in [9.17, 15) is 14.4 Å². The molecule has 1 saturated carbocycles. The summed E-state index contributed by atoms with van der Waals surface area (Å²) in [6.07, 6.45) is 5.99. The molecule has 4 aromatic rings. The first-order chi connectivity index (χ1) is 21.8. The number of ether oxygens (including phenoxy) is 2. The average Bonchev–Trinajstić information content (AvgIpc) is 3.38. The smallest absolute Gasteiger partial charge is 0.413 e. The van der Waals surface area contributed by atoms with Crippen molar-refractivity contribution in [2.75, 3.05) is 23.9 Å². The van der Waals surface area contributed by atoms with Crippen molar-refractivity contribution in [1.29, 1.82) is 5.41 Å². The molecule has 0 radical (unpaired) electrons. The van der Waals surface area contributed by atoms with Crippen molar-refractivity contribution in [3.8, 4) is 0 Å². The van der Waals surface area contributed by atoms with Gasteiger partial charge in [0.25, 0.3) is 5.91 Å². The number of aryl methyl sites for hydroxylation is 1. The quantitative estimate of drug-likeness (QED) is 0.126. The van der Waals surface area contributed by atoms with Gasteiger partial charge < -0.3 is 19.4 Å². The molecule has 0 bridgehead atoms. The summed E-state index contributed by atoms with van der Waals surface area (Å²) in [5.74, 6) is 0.460. The molecule has 0 atom stereocenters. The van der Waals surface area contributed by atoms with Crippen molar-refractivity contribution in [1.82, 2.24) is 19.9 Å². The maximum absolute atomic E-state index is 13.6. The van der Waals surface area contributed by atoms with Crippen LogP contribution in [0.4, 0.5) is 16.3 Å². The van der Waals surface area contributed by atoms with E-state index in [-0.39, 0.29) is 30.8 Å². The van der Waals surface area contributed by atoms with E-state index in [4.69, 9.17) is 19.9 Å². The molecule has 0 spiro atoms. The molecule has 2 aromatic heterocycles. The van der Waals surface area contributed by atoms with Crippen LogP contribution in [0.5, 0.6) is 0 Å². The number of carbonyl (C=O) groups is 3. The fraction of sp³-hybridized carbons (Fsp3) is 0.333. The number of methoxy groups -OCH3 is 1. The van der Waals surface area contributed by atoms with E-state index >= 15 is 0 Å². The minimum absolute atomic E-state index is 0.0185. The molecule has 2 aromatic carbocycles. The lowest BCUT2D eigenvalue weighted by Gasteiger charge is -2.21. The summed E-state index contributed by atoms with van der Waals surface area (Å²) in [4.78, 5) is 48.1. The molecule has 12 heteroatoms. The molecule has 1 fully saturated rings. The number of nitrogens with one attached hydrogen (secondary N) is 3. The molecular weight excluding hydrogens is 574 g/mol. The maximum atomic E-state index is 13.6. The van der Waals surface area contributed by atoms with Crippen LogP contribution in [0.2, 0.25) is 0 Å². The average molecular weight is 612 g/mol. The monoisotopic (exact) mass is 611 g/mol. The summed E-state index contributed by atoms with van der Waals surface area (Å²) in [6.45, 7) is 0.535. The fourth-order valence-corrected chi connectivity index (χ4v) is 5.31. The molecule has 0 unspecified atom stereocenters. The molecule has 45 heavy (non-hydrogen) atoms. The van der Waals surface area contributed by atoms with Gasteiger partial charge in [-0.2, -0.15) is 0 Å². The Hall–Kier alpha value is -5.26. The van der Waals surface area contributed by atoms with Crippen molar-refractivity contribution in [2.24, 2.45) is 7.05 Å². The normalized spacial score (nSPS) is 13.2. The van der Waals surface area contributed by atoms with E-state index < -0.39 is 12.1 Å². The molecule has 0 aliphatic heterocycles. The number of hydrogen-bond donors (Lipinski definition) is 3. The van der Waals surface area contributed by atoms with Gasteiger partial charge in [-0.1, -0.05) is 12.5 Å². The highest BCUT2D eigenvalue weighted by Crippen LogP contribution is 2.22. The lowest BCUT2D eigenvalue weighted by Crippen LogP contribution is -2.34. The van der Waals surface area contributed by atoms with Gasteiger partial charge in [0.15, 0.2) is 0 Å². The predicted molar refractivity (Wildman–Crippen MR) is 170 cm³/mol. The maximum Gasteiger partial charge on any atom is 0.413 e. The highest BCUT2D eigenvalue weighted by Gasteiger charge is 2.22. The van der Waals surface area contributed by atoms with Gasteiger partial charge in [0.2, 0.25) is 0 Å². The predicted octanol–water partition coefficient (Wildman–Crippen LogP) is 5.17. The summed E-state index contributed by atoms with van der Waals surface area (Å²) in [6, 6.07) is 17.8. The third-order valence-corrected chi connectivity index (χ3v) is 7.84. The number of rotatable bonds is 10. The number of carbonyl (C=O) groups excluding carboxylic acids is 3. The van der Waals surface area contributed by atoms with E-state index in [2.05, 4.69) is 15.6 Å². The van der Waals surface area contributed by atoms with Crippen LogP contribution >= 0.6 is 0 Å². The van der Waals surface area contributed by atoms with Crippen LogP contribution in [0, 0.1) is 5.41 Å². The molecule has 1 aliphatic rings. The minimum Gasteiger partial charge on any atom is -0.469 e. The van der Waals surface area contributed by atoms with Gasteiger partial charge in [0.05, 0.1) is 31.1 Å². The topological polar surface area (TPSA) is 152 Å². The SMILES string of the molecule is COC(=O)CCN(C(=O)c1ccc2c(c1)nc(CNc1ccc(C(=N)NC(=O)OC3CCCCC3)cc1)n2C)c1ccccn1. The molecule has 3 N–H and O–H groups in total. The largest absolute Gasteiger partial charge is 0.469 e. The molecule has 2 heterocycles. The third-order valence-electron chi connectivity index (χ3n) is 7.84. The van der Waals surface area contributed by atoms with Crippen LogP contribution in [0.3, 0.4) is 0 Å². The van der Waals surface area contributed by atoms with Crippen molar-refractivity contribution in [3.63, 3.8) is 0 Å². The number of alkyl carbamates (subject to hydrolysis) is 1. The summed E-state index contributed by atoms with van der Waals surface area (Å²) in [5.41, 5.74) is 3.31. The van der Waals surface area contributed by atoms with Crippen LogP contribution in [-0.4, -0.2) is 58.1 Å². The van der Waals surface area contributed by atoms with Crippen molar-refractivity contribution in [3.05, 3.63) is 83.8 Å². The Kier molecular flexibility index (Phi) is 10.0. The fourth-order valence-electron chi connectivity index (χ4n) is 5.31. The van der Waals surface area contributed by atoms with E-state index in [1.807, 2.05) is 29.8 Å². The Labute approximate surface area is 261 Å². The van der Waals surface area contributed by atoms with Gasteiger partial charge in [0, 0.05) is 36.6 Å². The van der Waals surface area contributed by atoms with Crippen LogP contribution in [0.15, 0.2) is 66.9 Å². The zero-order valence-corrected chi connectivity index (χ0v) is 25.4. The second-order valence-electron chi connectivity index (χ2n) is 10.9. The first-order valence-electron chi connectivity index (χ1n) is 15.0. The number of hydrogen-bond acceptors (Lipinski definition) is 9. The second kappa shape index (κ2) is 14.5. The number of esters is 1. The van der Waals surface area contributed by atoms with Gasteiger partial charge in [-0.3, -0.25) is 25.2 Å². The summed E-state index contributed by atoms with van der Waals surface area (Å²) < 4.78 is 12.2. The van der Waals surface area contributed by atoms with Gasteiger partial charge >= 0.3 is 12.1 Å². The minimum atomic E-state index is -0.591. The number of fused-ring (bicyclic) bond motifs is 1. The zero-order chi connectivity index (χ0) is 31.8. The van der Waals surface area contributed by atoms with Crippen molar-refractivity contribution < 1.29 is 23.9 Å². The molecule has 5 rings (SSSR count). The number of aromatic nitrogens is 3. The van der Waals surface area contributed by atoms with Gasteiger partial charge in [-0.15, -0.1) is 0 Å². The lowest BCUT2D eigenvalue weighted by atomic mass is 9.98. The Balaban J connectivity index is 1.22. The van der Waals surface area contributed by atoms with Crippen LogP contribution in [0.25, 0.3) is 11.0 Å². The lowest BCUT2D eigenvalue weighted by molar-refractivity contribution is -0.140. The van der Waals surface area contributed by atoms with Crippen LogP contribution in [-0.2, 0) is 27.9 Å². The summed E-state index contributed by atoms with van der Waals surface area (Å²) in [7, 11) is 3.22.